The maximum absolute atomic E-state index is 15.3. The van der Waals surface area contributed by atoms with E-state index < -0.39 is 12.4 Å². The third-order valence-electron chi connectivity index (χ3n) is 8.91. The third kappa shape index (κ3) is 5.05. The predicted molar refractivity (Wildman–Crippen MR) is 166 cm³/mol. The summed E-state index contributed by atoms with van der Waals surface area (Å²) in [5.41, 5.74) is 5.72. The Morgan fingerprint density at radius 3 is 2.55 bits per heavy atom. The molecule has 11 heteroatoms. The van der Waals surface area contributed by atoms with E-state index in [-0.39, 0.29) is 17.3 Å². The molecule has 0 atom stereocenters. The molecule has 4 heterocycles. The molecule has 1 fully saturated rings. The van der Waals surface area contributed by atoms with Gasteiger partial charge in [0.25, 0.3) is 11.5 Å². The summed E-state index contributed by atoms with van der Waals surface area (Å²) in [4.78, 5) is 35.2. The molecule has 1 amide bonds. The number of aryl methyl sites for hydroxylation is 2. The van der Waals surface area contributed by atoms with E-state index in [0.717, 1.165) is 44.5 Å². The maximum atomic E-state index is 15.3. The van der Waals surface area contributed by atoms with Gasteiger partial charge in [0.2, 0.25) is 0 Å². The molecule has 0 spiro atoms. The SMILES string of the molecule is Cn1cc(-c2cc(F)cc(N3CCn4c(cc5c4CCCC5)C3=O)c2CO)nc(Nc2ccc(N3CCOCC3)cc2)c1=O. The molecule has 2 N–H and O–H groups in total. The lowest BCUT2D eigenvalue weighted by molar-refractivity contribution is 0.0964. The molecule has 0 saturated carbocycles. The molecular weight excluding hydrogens is 563 g/mol. The van der Waals surface area contributed by atoms with Crippen molar-refractivity contribution < 1.29 is 19.0 Å². The number of anilines is 4. The minimum Gasteiger partial charge on any atom is -0.392 e. The summed E-state index contributed by atoms with van der Waals surface area (Å²) in [7, 11) is 1.60. The summed E-state index contributed by atoms with van der Waals surface area (Å²) in [6.07, 6.45) is 5.66. The molecule has 0 unspecified atom stereocenters. The number of hydrogen-bond donors (Lipinski definition) is 2. The number of fused-ring (bicyclic) bond motifs is 3. The number of halogens is 1. The van der Waals surface area contributed by atoms with E-state index in [2.05, 4.69) is 19.8 Å². The van der Waals surface area contributed by atoms with E-state index in [1.54, 1.807) is 11.9 Å². The molecular formula is C33H35FN6O4. The van der Waals surface area contributed by atoms with E-state index in [0.29, 0.717) is 60.2 Å². The quantitative estimate of drug-likeness (QED) is 0.346. The minimum absolute atomic E-state index is 0.0660. The van der Waals surface area contributed by atoms with Crippen LogP contribution < -0.4 is 20.7 Å². The number of carbonyl (C=O) groups excluding carboxylic acids is 1. The summed E-state index contributed by atoms with van der Waals surface area (Å²) in [6, 6.07) is 12.3. The molecule has 1 aliphatic carbocycles. The normalized spacial score (nSPS) is 16.6. The van der Waals surface area contributed by atoms with Gasteiger partial charge in [-0.2, -0.15) is 0 Å². The standard InChI is InChI=1S/C33H35FN6O4/c1-37-19-27(36-31(33(37)43)35-23-6-8-24(9-7-23)38-12-14-44-15-13-38)25-17-22(34)18-29(26(25)20-41)40-11-10-39-28-5-3-2-4-21(28)16-30(39)32(40)42/h6-9,16-19,41H,2-5,10-15,20H2,1H3,(H,35,36). The number of nitrogens with one attached hydrogen (secondary N) is 1. The number of carbonyl (C=O) groups is 1. The van der Waals surface area contributed by atoms with E-state index in [4.69, 9.17) is 4.74 Å². The summed E-state index contributed by atoms with van der Waals surface area (Å²) < 4.78 is 24.2. The van der Waals surface area contributed by atoms with Crippen LogP contribution in [0, 0.1) is 5.82 Å². The molecule has 4 aromatic rings. The van der Waals surface area contributed by atoms with Gasteiger partial charge >= 0.3 is 0 Å². The Morgan fingerprint density at radius 2 is 1.77 bits per heavy atom. The maximum Gasteiger partial charge on any atom is 0.293 e. The van der Waals surface area contributed by atoms with Crippen molar-refractivity contribution in [2.45, 2.75) is 38.8 Å². The average molecular weight is 599 g/mol. The van der Waals surface area contributed by atoms with Crippen molar-refractivity contribution in [1.29, 1.82) is 0 Å². The van der Waals surface area contributed by atoms with Crippen LogP contribution in [0.4, 0.5) is 27.3 Å². The number of morpholine rings is 1. The molecule has 0 bridgehead atoms. The molecule has 10 nitrogen and oxygen atoms in total. The van der Waals surface area contributed by atoms with Gasteiger partial charge in [-0.3, -0.25) is 9.59 Å². The second kappa shape index (κ2) is 11.5. The molecule has 228 valence electrons. The molecule has 3 aliphatic rings. The summed E-state index contributed by atoms with van der Waals surface area (Å²) in [5, 5.41) is 13.7. The van der Waals surface area contributed by atoms with Gasteiger partial charge in [0.15, 0.2) is 5.82 Å². The van der Waals surface area contributed by atoms with Crippen molar-refractivity contribution in [3.63, 3.8) is 0 Å². The Hall–Kier alpha value is -4.48. The highest BCUT2D eigenvalue weighted by molar-refractivity contribution is 6.07. The molecule has 7 rings (SSSR count). The van der Waals surface area contributed by atoms with Crippen molar-refractivity contribution in [3.05, 3.63) is 87.3 Å². The van der Waals surface area contributed by atoms with Gasteiger partial charge in [-0.1, -0.05) is 0 Å². The van der Waals surface area contributed by atoms with Gasteiger partial charge in [-0.05, 0) is 73.7 Å². The molecule has 2 aromatic heterocycles. The molecule has 2 aromatic carbocycles. The van der Waals surface area contributed by atoms with Crippen molar-refractivity contribution >= 4 is 28.8 Å². The van der Waals surface area contributed by atoms with Crippen LogP contribution >= 0.6 is 0 Å². The number of benzene rings is 2. The fraction of sp³-hybridized carbons (Fsp3) is 0.364. The first kappa shape index (κ1) is 28.3. The highest BCUT2D eigenvalue weighted by Crippen LogP contribution is 2.36. The van der Waals surface area contributed by atoms with Gasteiger partial charge in [-0.15, -0.1) is 0 Å². The zero-order chi connectivity index (χ0) is 30.4. The summed E-state index contributed by atoms with van der Waals surface area (Å²) in [6.45, 7) is 3.52. The smallest absolute Gasteiger partial charge is 0.293 e. The first-order chi connectivity index (χ1) is 21.4. The predicted octanol–water partition coefficient (Wildman–Crippen LogP) is 4.00. The lowest BCUT2D eigenvalue weighted by Crippen LogP contribution is -2.41. The van der Waals surface area contributed by atoms with Crippen LogP contribution in [0.1, 0.15) is 40.2 Å². The zero-order valence-electron chi connectivity index (χ0n) is 24.7. The molecule has 1 saturated heterocycles. The number of amides is 1. The largest absolute Gasteiger partial charge is 0.392 e. The Kier molecular flexibility index (Phi) is 7.43. The van der Waals surface area contributed by atoms with Crippen molar-refractivity contribution in [3.8, 4) is 11.3 Å². The first-order valence-corrected chi connectivity index (χ1v) is 15.2. The fourth-order valence-corrected chi connectivity index (χ4v) is 6.66. The Labute approximate surface area is 254 Å². The molecule has 44 heavy (non-hydrogen) atoms. The number of aromatic nitrogens is 3. The van der Waals surface area contributed by atoms with Crippen LogP contribution in [0.5, 0.6) is 0 Å². The summed E-state index contributed by atoms with van der Waals surface area (Å²) >= 11 is 0. The Morgan fingerprint density at radius 1 is 1.00 bits per heavy atom. The van der Waals surface area contributed by atoms with Crippen LogP contribution in [-0.2, 0) is 37.8 Å². The van der Waals surface area contributed by atoms with Gasteiger partial charge in [0.1, 0.15) is 11.5 Å². The monoisotopic (exact) mass is 598 g/mol. The second-order valence-corrected chi connectivity index (χ2v) is 11.6. The number of aliphatic hydroxyl groups is 1. The van der Waals surface area contributed by atoms with E-state index in [9.17, 15) is 14.7 Å². The Balaban J connectivity index is 1.22. The third-order valence-corrected chi connectivity index (χ3v) is 8.91. The zero-order valence-corrected chi connectivity index (χ0v) is 24.7. The lowest BCUT2D eigenvalue weighted by Gasteiger charge is -2.31. The summed E-state index contributed by atoms with van der Waals surface area (Å²) in [5.74, 6) is -0.714. The first-order valence-electron chi connectivity index (χ1n) is 15.2. The van der Waals surface area contributed by atoms with Gasteiger partial charge in [-0.25, -0.2) is 9.37 Å². The topological polar surface area (TPSA) is 105 Å². The highest BCUT2D eigenvalue weighted by atomic mass is 19.1. The molecule has 0 radical (unpaired) electrons. The Bertz CT molecular complexity index is 1790. The van der Waals surface area contributed by atoms with Crippen molar-refractivity contribution in [2.75, 3.05) is 48.0 Å². The number of rotatable bonds is 6. The van der Waals surface area contributed by atoms with Crippen molar-refractivity contribution in [2.24, 2.45) is 7.05 Å². The molecule has 2 aliphatic heterocycles. The van der Waals surface area contributed by atoms with Crippen LogP contribution in [-0.4, -0.2) is 58.0 Å². The minimum atomic E-state index is -0.566. The van der Waals surface area contributed by atoms with Crippen LogP contribution in [0.15, 0.2) is 53.5 Å². The number of ether oxygens (including phenoxy) is 1. The van der Waals surface area contributed by atoms with Gasteiger partial charge in [0, 0.05) is 67.6 Å². The lowest BCUT2D eigenvalue weighted by atomic mass is 9.98. The number of nitrogens with zero attached hydrogens (tertiary/aromatic N) is 5. The second-order valence-electron chi connectivity index (χ2n) is 11.6. The van der Waals surface area contributed by atoms with Gasteiger partial charge < -0.3 is 34.1 Å². The fourth-order valence-electron chi connectivity index (χ4n) is 6.66. The van der Waals surface area contributed by atoms with Crippen LogP contribution in [0.25, 0.3) is 11.3 Å². The van der Waals surface area contributed by atoms with E-state index in [1.807, 2.05) is 30.3 Å². The number of aliphatic hydroxyl groups excluding tert-OH is 1. The van der Waals surface area contributed by atoms with E-state index >= 15 is 4.39 Å². The van der Waals surface area contributed by atoms with E-state index in [1.165, 1.54) is 34.2 Å². The highest BCUT2D eigenvalue weighted by Gasteiger charge is 2.32. The van der Waals surface area contributed by atoms with Crippen molar-refractivity contribution in [1.82, 2.24) is 14.1 Å². The number of hydrogen-bond acceptors (Lipinski definition) is 7. The van der Waals surface area contributed by atoms with Gasteiger partial charge in [0.05, 0.1) is 31.2 Å². The van der Waals surface area contributed by atoms with Crippen LogP contribution in [0.3, 0.4) is 0 Å². The van der Waals surface area contributed by atoms with Crippen LogP contribution in [0.2, 0.25) is 0 Å². The average Bonchev–Trinajstić information content (AvgIpc) is 3.43.